The molecule has 1 amide bonds. The van der Waals surface area contributed by atoms with Crippen molar-refractivity contribution in [1.29, 1.82) is 0 Å². The molecule has 7 nitrogen and oxygen atoms in total. The van der Waals surface area contributed by atoms with Crippen LogP contribution in [0.1, 0.15) is 36.2 Å². The lowest BCUT2D eigenvalue weighted by atomic mass is 9.95. The topological polar surface area (TPSA) is 85.7 Å². The second kappa shape index (κ2) is 9.47. The summed E-state index contributed by atoms with van der Waals surface area (Å²) >= 11 is 0. The van der Waals surface area contributed by atoms with Crippen molar-refractivity contribution in [2.75, 3.05) is 19.7 Å². The second-order valence-corrected chi connectivity index (χ2v) is 7.07. The normalized spacial score (nSPS) is 15.5. The summed E-state index contributed by atoms with van der Waals surface area (Å²) in [5.41, 5.74) is -0.361. The van der Waals surface area contributed by atoms with Crippen molar-refractivity contribution in [1.82, 2.24) is 9.47 Å². The van der Waals surface area contributed by atoms with E-state index >= 15 is 0 Å². The lowest BCUT2D eigenvalue weighted by Gasteiger charge is -2.33. The number of amides is 1. The van der Waals surface area contributed by atoms with Gasteiger partial charge in [0.2, 0.25) is 0 Å². The van der Waals surface area contributed by atoms with Gasteiger partial charge in [0, 0.05) is 30.9 Å². The molecule has 8 heteroatoms. The Morgan fingerprint density at radius 1 is 1.10 bits per heavy atom. The first-order valence-corrected chi connectivity index (χ1v) is 9.84. The Morgan fingerprint density at radius 2 is 1.77 bits per heavy atom. The summed E-state index contributed by atoms with van der Waals surface area (Å²) in [5.74, 6) is -2.21. The first kappa shape index (κ1) is 21.4. The van der Waals surface area contributed by atoms with Crippen LogP contribution in [0.2, 0.25) is 0 Å². The average molecular weight is 414 g/mol. The Balaban J connectivity index is 1.86. The van der Waals surface area contributed by atoms with Crippen molar-refractivity contribution in [2.24, 2.45) is 5.92 Å². The number of carbonyl (C=O) groups is 3. The molecule has 0 radical (unpaired) electrons. The maximum absolute atomic E-state index is 13.3. The van der Waals surface area contributed by atoms with Gasteiger partial charge in [0.25, 0.3) is 11.5 Å². The Bertz CT molecular complexity index is 978. The highest BCUT2D eigenvalue weighted by Crippen LogP contribution is 2.23. The van der Waals surface area contributed by atoms with Crippen LogP contribution in [-0.2, 0) is 14.3 Å². The number of aromatic nitrogens is 1. The van der Waals surface area contributed by atoms with E-state index in [4.69, 9.17) is 4.74 Å². The molecule has 1 atom stereocenters. The van der Waals surface area contributed by atoms with Crippen LogP contribution < -0.4 is 5.56 Å². The van der Waals surface area contributed by atoms with E-state index in [-0.39, 0.29) is 30.5 Å². The molecule has 3 rings (SSSR count). The summed E-state index contributed by atoms with van der Waals surface area (Å²) in [6, 6.07) is 7.80. The third-order valence-corrected chi connectivity index (χ3v) is 5.17. The fourth-order valence-electron chi connectivity index (χ4n) is 3.55. The number of esters is 1. The Hall–Kier alpha value is -3.29. The van der Waals surface area contributed by atoms with Crippen molar-refractivity contribution in [2.45, 2.75) is 25.8 Å². The van der Waals surface area contributed by atoms with Crippen molar-refractivity contribution in [3.8, 4) is 0 Å². The molecule has 1 aromatic carbocycles. The molecule has 1 aromatic heterocycles. The number of piperidine rings is 1. The summed E-state index contributed by atoms with van der Waals surface area (Å²) < 4.78 is 19.4. The number of ether oxygens (including phenoxy) is 1. The Morgan fingerprint density at radius 3 is 2.37 bits per heavy atom. The van der Waals surface area contributed by atoms with E-state index in [9.17, 15) is 23.6 Å². The van der Waals surface area contributed by atoms with Crippen LogP contribution in [0.25, 0.3) is 0 Å². The van der Waals surface area contributed by atoms with Crippen LogP contribution >= 0.6 is 0 Å². The largest absolute Gasteiger partial charge is 0.466 e. The zero-order valence-corrected chi connectivity index (χ0v) is 16.6. The summed E-state index contributed by atoms with van der Waals surface area (Å²) in [6.07, 6.45) is 2.23. The van der Waals surface area contributed by atoms with Gasteiger partial charge >= 0.3 is 5.97 Å². The minimum Gasteiger partial charge on any atom is -0.466 e. The molecule has 1 aliphatic rings. The lowest BCUT2D eigenvalue weighted by molar-refractivity contribution is -0.151. The molecule has 158 valence electrons. The maximum Gasteiger partial charge on any atom is 0.309 e. The quantitative estimate of drug-likeness (QED) is 0.411. The monoisotopic (exact) mass is 414 g/mol. The van der Waals surface area contributed by atoms with E-state index in [1.54, 1.807) is 13.0 Å². The molecule has 0 saturated carbocycles. The number of ketones is 1. The van der Waals surface area contributed by atoms with Crippen molar-refractivity contribution >= 4 is 17.7 Å². The summed E-state index contributed by atoms with van der Waals surface area (Å²) in [6.45, 7) is 2.58. The summed E-state index contributed by atoms with van der Waals surface area (Å²) in [7, 11) is 0. The van der Waals surface area contributed by atoms with Gasteiger partial charge in [-0.3, -0.25) is 23.7 Å². The fourth-order valence-corrected chi connectivity index (χ4v) is 3.55. The Kier molecular flexibility index (Phi) is 6.76. The number of pyridine rings is 1. The van der Waals surface area contributed by atoms with Gasteiger partial charge in [0.1, 0.15) is 5.82 Å². The SMILES string of the molecule is CCOC(=O)C1CCN(C(=O)[C@H](C(=O)c2ccc(F)cc2)n2ccccc2=O)CC1. The van der Waals surface area contributed by atoms with E-state index in [1.165, 1.54) is 35.4 Å². The zero-order chi connectivity index (χ0) is 21.7. The van der Waals surface area contributed by atoms with Crippen molar-refractivity contribution < 1.29 is 23.5 Å². The molecule has 2 heterocycles. The van der Waals surface area contributed by atoms with Crippen molar-refractivity contribution in [3.63, 3.8) is 0 Å². The van der Waals surface area contributed by atoms with Crippen LogP contribution in [0.4, 0.5) is 4.39 Å². The lowest BCUT2D eigenvalue weighted by Crippen LogP contribution is -2.47. The molecular formula is C22H23FN2O5. The smallest absolute Gasteiger partial charge is 0.309 e. The predicted octanol–water partition coefficient (Wildman–Crippen LogP) is 2.21. The number of rotatable bonds is 6. The first-order chi connectivity index (χ1) is 14.4. The van der Waals surface area contributed by atoms with Crippen molar-refractivity contribution in [3.05, 3.63) is 70.4 Å². The van der Waals surface area contributed by atoms with E-state index in [2.05, 4.69) is 0 Å². The summed E-state index contributed by atoms with van der Waals surface area (Å²) in [4.78, 5) is 52.2. The highest BCUT2D eigenvalue weighted by Gasteiger charge is 2.36. The second-order valence-electron chi connectivity index (χ2n) is 7.07. The van der Waals surface area contributed by atoms with Gasteiger partial charge < -0.3 is 9.64 Å². The molecular weight excluding hydrogens is 391 g/mol. The number of halogens is 1. The van der Waals surface area contributed by atoms with Gasteiger partial charge in [-0.15, -0.1) is 0 Å². The van der Waals surface area contributed by atoms with E-state index in [0.29, 0.717) is 19.4 Å². The van der Waals surface area contributed by atoms with Crippen LogP contribution in [-0.4, -0.2) is 46.8 Å². The van der Waals surface area contributed by atoms with Crippen LogP contribution in [0, 0.1) is 11.7 Å². The van der Waals surface area contributed by atoms with Crippen LogP contribution in [0.3, 0.4) is 0 Å². The zero-order valence-electron chi connectivity index (χ0n) is 16.6. The number of hydrogen-bond donors (Lipinski definition) is 0. The highest BCUT2D eigenvalue weighted by molar-refractivity contribution is 6.11. The number of Topliss-reactive ketones (excluding diaryl/α,β-unsaturated/α-hetero) is 1. The third-order valence-electron chi connectivity index (χ3n) is 5.17. The molecule has 2 aromatic rings. The van der Waals surface area contributed by atoms with Crippen LogP contribution in [0.15, 0.2) is 53.5 Å². The minimum absolute atomic E-state index is 0.131. The maximum atomic E-state index is 13.3. The number of benzene rings is 1. The number of hydrogen-bond acceptors (Lipinski definition) is 5. The average Bonchev–Trinajstić information content (AvgIpc) is 2.76. The van der Waals surface area contributed by atoms with Gasteiger partial charge in [-0.1, -0.05) is 6.07 Å². The Labute approximate surface area is 173 Å². The molecule has 0 unspecified atom stereocenters. The van der Waals surface area contributed by atoms with E-state index in [1.807, 2.05) is 0 Å². The third kappa shape index (κ3) is 4.64. The molecule has 0 spiro atoms. The molecule has 0 bridgehead atoms. The highest BCUT2D eigenvalue weighted by atomic mass is 19.1. The molecule has 30 heavy (non-hydrogen) atoms. The molecule has 0 N–H and O–H groups in total. The van der Waals surface area contributed by atoms with Gasteiger partial charge in [0.15, 0.2) is 11.8 Å². The van der Waals surface area contributed by atoms with Gasteiger partial charge in [-0.2, -0.15) is 0 Å². The number of carbonyl (C=O) groups excluding carboxylic acids is 3. The molecule has 1 aliphatic heterocycles. The fraction of sp³-hybridized carbons (Fsp3) is 0.364. The van der Waals surface area contributed by atoms with E-state index in [0.717, 1.165) is 16.7 Å². The minimum atomic E-state index is -1.40. The van der Waals surface area contributed by atoms with Gasteiger partial charge in [-0.25, -0.2) is 4.39 Å². The summed E-state index contributed by atoms with van der Waals surface area (Å²) in [5, 5.41) is 0. The predicted molar refractivity (Wildman–Crippen MR) is 106 cm³/mol. The molecule has 1 saturated heterocycles. The standard InChI is InChI=1S/C22H23FN2O5/c1-2-30-22(29)16-10-13-24(14-11-16)21(28)19(25-12-4-3-5-18(25)26)20(27)15-6-8-17(23)9-7-15/h3-9,12,16,19H,2,10-11,13-14H2,1H3/t19-/m0/s1. The first-order valence-electron chi connectivity index (χ1n) is 9.84. The van der Waals surface area contributed by atoms with E-state index < -0.39 is 29.1 Å². The molecule has 1 fully saturated rings. The van der Waals surface area contributed by atoms with Gasteiger partial charge in [0.05, 0.1) is 12.5 Å². The van der Waals surface area contributed by atoms with Crippen LogP contribution in [0.5, 0.6) is 0 Å². The number of nitrogens with zero attached hydrogens (tertiary/aromatic N) is 2. The van der Waals surface area contributed by atoms with Gasteiger partial charge in [-0.05, 0) is 50.1 Å². The number of likely N-dealkylation sites (tertiary alicyclic amines) is 1. The molecule has 0 aliphatic carbocycles.